The third kappa shape index (κ3) is 4.11. The van der Waals surface area contributed by atoms with Crippen LogP contribution in [-0.2, 0) is 11.4 Å². The Morgan fingerprint density at radius 2 is 2.12 bits per heavy atom. The Bertz CT molecular complexity index is 794. The Morgan fingerprint density at radius 1 is 1.38 bits per heavy atom. The maximum Gasteiger partial charge on any atom is 0.246 e. The van der Waals surface area contributed by atoms with Gasteiger partial charge < -0.3 is 15.5 Å². The molecule has 1 heterocycles. The molecule has 0 atom stereocenters. The molecule has 0 aliphatic carbocycles. The minimum absolute atomic E-state index is 0.104. The number of aromatic hydroxyl groups is 1. The van der Waals surface area contributed by atoms with Crippen molar-refractivity contribution in [2.45, 2.75) is 13.5 Å². The highest BCUT2D eigenvalue weighted by atomic mass is 19.2. The lowest BCUT2D eigenvalue weighted by Gasteiger charge is -2.07. The number of carbonyl (C=O) groups excluding carboxylic acids is 1. The minimum atomic E-state index is -1.07. The number of aryl methyl sites for hydroxylation is 1. The van der Waals surface area contributed by atoms with Crippen LogP contribution in [0.4, 0.5) is 14.5 Å². The molecule has 0 bridgehead atoms. The van der Waals surface area contributed by atoms with E-state index in [9.17, 15) is 23.8 Å². The van der Waals surface area contributed by atoms with Crippen molar-refractivity contribution in [3.05, 3.63) is 52.9 Å². The van der Waals surface area contributed by atoms with E-state index in [1.165, 1.54) is 18.5 Å². The van der Waals surface area contributed by atoms with Crippen molar-refractivity contribution in [3.63, 3.8) is 0 Å². The molecule has 1 amide bonds. The van der Waals surface area contributed by atoms with Crippen molar-refractivity contribution in [3.8, 4) is 5.75 Å². The lowest BCUT2D eigenvalue weighted by atomic mass is 10.1. The Kier molecular flexibility index (Phi) is 5.54. The molecule has 126 valence electrons. The Labute approximate surface area is 136 Å². The summed E-state index contributed by atoms with van der Waals surface area (Å²) in [7, 11) is 0. The average Bonchev–Trinajstić information content (AvgIpc) is 2.55. The standard InChI is InChI=1S/C16H15F2N3O3/c1-9-16(24)12(10(8-22)5-20-9)6-19-7-15(23)21-11-2-3-13(17)14(18)4-11/h2-6,22,24H,7-8H2,1H3,(H,21,23). The number of hydrogen-bond acceptors (Lipinski definition) is 5. The Morgan fingerprint density at radius 3 is 2.79 bits per heavy atom. The van der Waals surface area contributed by atoms with Crippen LogP contribution in [0.15, 0.2) is 29.4 Å². The van der Waals surface area contributed by atoms with E-state index >= 15 is 0 Å². The van der Waals surface area contributed by atoms with E-state index in [4.69, 9.17) is 0 Å². The van der Waals surface area contributed by atoms with Crippen molar-refractivity contribution in [1.29, 1.82) is 0 Å². The molecule has 0 spiro atoms. The van der Waals surface area contributed by atoms with Crippen LogP contribution >= 0.6 is 0 Å². The number of halogens is 2. The Hall–Kier alpha value is -2.87. The van der Waals surface area contributed by atoms with Crippen molar-refractivity contribution >= 4 is 17.8 Å². The first-order valence-corrected chi connectivity index (χ1v) is 6.95. The van der Waals surface area contributed by atoms with E-state index < -0.39 is 17.5 Å². The molecule has 2 rings (SSSR count). The van der Waals surface area contributed by atoms with Crippen LogP contribution in [0.1, 0.15) is 16.8 Å². The van der Waals surface area contributed by atoms with Gasteiger partial charge in [0.25, 0.3) is 0 Å². The quantitative estimate of drug-likeness (QED) is 0.728. The molecule has 0 fully saturated rings. The number of amides is 1. The normalized spacial score (nSPS) is 11.0. The number of benzene rings is 1. The van der Waals surface area contributed by atoms with E-state index in [1.807, 2.05) is 0 Å². The second-order valence-electron chi connectivity index (χ2n) is 4.94. The third-order valence-corrected chi connectivity index (χ3v) is 3.19. The van der Waals surface area contributed by atoms with Gasteiger partial charge in [0.15, 0.2) is 11.6 Å². The summed E-state index contributed by atoms with van der Waals surface area (Å²) in [6.45, 7) is 0.942. The number of aliphatic hydroxyl groups excluding tert-OH is 1. The number of aromatic nitrogens is 1. The number of nitrogens with one attached hydrogen (secondary N) is 1. The summed E-state index contributed by atoms with van der Waals surface area (Å²) in [4.78, 5) is 19.5. The number of pyridine rings is 1. The van der Waals surface area contributed by atoms with Gasteiger partial charge in [-0.05, 0) is 19.1 Å². The maximum absolute atomic E-state index is 13.1. The fourth-order valence-electron chi connectivity index (χ4n) is 1.92. The molecule has 0 aliphatic rings. The second kappa shape index (κ2) is 7.60. The first-order valence-electron chi connectivity index (χ1n) is 6.95. The van der Waals surface area contributed by atoms with Crippen LogP contribution in [0, 0.1) is 18.6 Å². The predicted molar refractivity (Wildman–Crippen MR) is 84.0 cm³/mol. The minimum Gasteiger partial charge on any atom is -0.505 e. The highest BCUT2D eigenvalue weighted by Gasteiger charge is 2.10. The summed E-state index contributed by atoms with van der Waals surface area (Å²) in [6, 6.07) is 2.99. The molecule has 0 saturated carbocycles. The number of carbonyl (C=O) groups is 1. The number of rotatable bonds is 5. The van der Waals surface area contributed by atoms with Crippen LogP contribution in [0.5, 0.6) is 5.75 Å². The van der Waals surface area contributed by atoms with Gasteiger partial charge in [0.2, 0.25) is 5.91 Å². The van der Waals surface area contributed by atoms with Crippen molar-refractivity contribution < 1.29 is 23.8 Å². The topological polar surface area (TPSA) is 94.8 Å². The average molecular weight is 335 g/mol. The number of nitrogens with zero attached hydrogens (tertiary/aromatic N) is 2. The van der Waals surface area contributed by atoms with Gasteiger partial charge in [-0.2, -0.15) is 0 Å². The van der Waals surface area contributed by atoms with Crippen LogP contribution in [0.2, 0.25) is 0 Å². The van der Waals surface area contributed by atoms with E-state index in [2.05, 4.69) is 15.3 Å². The molecule has 6 nitrogen and oxygen atoms in total. The fourth-order valence-corrected chi connectivity index (χ4v) is 1.92. The summed E-state index contributed by atoms with van der Waals surface area (Å²) in [5, 5.41) is 21.5. The number of aliphatic hydroxyl groups is 1. The zero-order valence-electron chi connectivity index (χ0n) is 12.8. The van der Waals surface area contributed by atoms with Gasteiger partial charge in [-0.3, -0.25) is 14.8 Å². The molecule has 1 aromatic carbocycles. The van der Waals surface area contributed by atoms with Crippen molar-refractivity contribution in [1.82, 2.24) is 4.98 Å². The zero-order valence-corrected chi connectivity index (χ0v) is 12.8. The van der Waals surface area contributed by atoms with Gasteiger partial charge in [0.1, 0.15) is 12.3 Å². The first-order chi connectivity index (χ1) is 11.4. The van der Waals surface area contributed by atoms with E-state index in [0.717, 1.165) is 12.1 Å². The summed E-state index contributed by atoms with van der Waals surface area (Å²) in [5.41, 5.74) is 1.10. The molecule has 0 saturated heterocycles. The van der Waals surface area contributed by atoms with Crippen molar-refractivity contribution in [2.24, 2.45) is 4.99 Å². The summed E-state index contributed by atoms with van der Waals surface area (Å²) >= 11 is 0. The number of aliphatic imine (C=N–C) groups is 1. The van der Waals surface area contributed by atoms with Gasteiger partial charge in [-0.25, -0.2) is 8.78 Å². The molecule has 0 unspecified atom stereocenters. The largest absolute Gasteiger partial charge is 0.505 e. The van der Waals surface area contributed by atoms with Gasteiger partial charge in [-0.1, -0.05) is 0 Å². The molecular formula is C16H15F2N3O3. The van der Waals surface area contributed by atoms with Gasteiger partial charge in [0.05, 0.1) is 12.3 Å². The Balaban J connectivity index is 2.05. The number of hydrogen-bond donors (Lipinski definition) is 3. The molecule has 0 radical (unpaired) electrons. The second-order valence-corrected chi connectivity index (χ2v) is 4.94. The van der Waals surface area contributed by atoms with E-state index in [-0.39, 0.29) is 30.2 Å². The summed E-state index contributed by atoms with van der Waals surface area (Å²) in [6.07, 6.45) is 2.65. The van der Waals surface area contributed by atoms with Gasteiger partial charge in [-0.15, -0.1) is 0 Å². The summed E-state index contributed by atoms with van der Waals surface area (Å²) in [5.74, 6) is -2.76. The van der Waals surface area contributed by atoms with E-state index in [0.29, 0.717) is 11.3 Å². The molecule has 3 N–H and O–H groups in total. The van der Waals surface area contributed by atoms with Crippen LogP contribution < -0.4 is 5.32 Å². The van der Waals surface area contributed by atoms with Crippen LogP contribution in [-0.4, -0.2) is 33.9 Å². The highest BCUT2D eigenvalue weighted by molar-refractivity contribution is 5.94. The maximum atomic E-state index is 13.1. The van der Waals surface area contributed by atoms with Gasteiger partial charge in [0, 0.05) is 35.3 Å². The van der Waals surface area contributed by atoms with Crippen LogP contribution in [0.3, 0.4) is 0 Å². The predicted octanol–water partition coefficient (Wildman–Crippen LogP) is 1.92. The molecule has 1 aromatic heterocycles. The lowest BCUT2D eigenvalue weighted by Crippen LogP contribution is -2.15. The van der Waals surface area contributed by atoms with Crippen molar-refractivity contribution in [2.75, 3.05) is 11.9 Å². The van der Waals surface area contributed by atoms with Gasteiger partial charge >= 0.3 is 0 Å². The smallest absolute Gasteiger partial charge is 0.246 e. The molecule has 0 aliphatic heterocycles. The number of anilines is 1. The molecule has 2 aromatic rings. The fraction of sp³-hybridized carbons (Fsp3) is 0.188. The third-order valence-electron chi connectivity index (χ3n) is 3.19. The summed E-state index contributed by atoms with van der Waals surface area (Å²) < 4.78 is 25.9. The molecular weight excluding hydrogens is 320 g/mol. The first kappa shape index (κ1) is 17.5. The monoisotopic (exact) mass is 335 g/mol. The lowest BCUT2D eigenvalue weighted by molar-refractivity contribution is -0.114. The molecule has 24 heavy (non-hydrogen) atoms. The van der Waals surface area contributed by atoms with Crippen LogP contribution in [0.25, 0.3) is 0 Å². The molecule has 8 heteroatoms. The SMILES string of the molecule is Cc1ncc(CO)c(C=NCC(=O)Nc2ccc(F)c(F)c2)c1O. The highest BCUT2D eigenvalue weighted by Crippen LogP contribution is 2.21. The van der Waals surface area contributed by atoms with E-state index in [1.54, 1.807) is 6.92 Å². The zero-order chi connectivity index (χ0) is 17.7.